The summed E-state index contributed by atoms with van der Waals surface area (Å²) >= 11 is 0. The lowest BCUT2D eigenvalue weighted by atomic mass is 10.0. The van der Waals surface area contributed by atoms with E-state index in [2.05, 4.69) is 47.1 Å². The van der Waals surface area contributed by atoms with E-state index in [1.807, 2.05) is 0 Å². The molecule has 0 amide bonds. The molecular weight excluding hydrogens is 312 g/mol. The molecule has 1 aromatic heterocycles. The van der Waals surface area contributed by atoms with Gasteiger partial charge in [-0.3, -0.25) is 4.90 Å². The Kier molecular flexibility index (Phi) is 4.95. The highest BCUT2D eigenvalue weighted by Crippen LogP contribution is 2.23. The van der Waals surface area contributed by atoms with Crippen molar-refractivity contribution in [3.05, 3.63) is 52.8 Å². The molecule has 0 saturated carbocycles. The third-order valence-electron chi connectivity index (χ3n) is 5.19. The molecule has 1 aromatic carbocycles. The van der Waals surface area contributed by atoms with Gasteiger partial charge in [0, 0.05) is 50.4 Å². The summed E-state index contributed by atoms with van der Waals surface area (Å²) in [6.45, 7) is 8.60. The van der Waals surface area contributed by atoms with Crippen molar-refractivity contribution < 1.29 is 4.74 Å². The standard InChI is InChI=1S/C20H26N4O/c1-16-18-15-23(9-7-17-5-3-2-4-6-17)10-8-19(18)22-20(21-16)24-11-13-25-14-12-24/h2-6H,7-15H2,1H3. The van der Waals surface area contributed by atoms with Crippen molar-refractivity contribution in [2.24, 2.45) is 0 Å². The number of ether oxygens (including phenoxy) is 1. The van der Waals surface area contributed by atoms with E-state index in [1.54, 1.807) is 0 Å². The van der Waals surface area contributed by atoms with E-state index in [0.29, 0.717) is 0 Å². The molecule has 3 heterocycles. The fraction of sp³-hybridized carbons (Fsp3) is 0.500. The highest BCUT2D eigenvalue weighted by molar-refractivity contribution is 5.38. The molecule has 0 spiro atoms. The normalized spacial score (nSPS) is 18.2. The number of morpholine rings is 1. The monoisotopic (exact) mass is 338 g/mol. The summed E-state index contributed by atoms with van der Waals surface area (Å²) in [6, 6.07) is 10.7. The van der Waals surface area contributed by atoms with Gasteiger partial charge in [-0.05, 0) is 18.9 Å². The van der Waals surface area contributed by atoms with E-state index < -0.39 is 0 Å². The predicted octanol–water partition coefficient (Wildman–Crippen LogP) is 2.22. The van der Waals surface area contributed by atoms with Gasteiger partial charge in [0.2, 0.25) is 5.95 Å². The Morgan fingerprint density at radius 2 is 1.84 bits per heavy atom. The SMILES string of the molecule is Cc1nc(N2CCOCC2)nc2c1CN(CCc1ccccc1)CC2. The quantitative estimate of drug-likeness (QED) is 0.855. The van der Waals surface area contributed by atoms with Crippen molar-refractivity contribution in [3.8, 4) is 0 Å². The molecule has 1 saturated heterocycles. The van der Waals surface area contributed by atoms with E-state index in [0.717, 1.165) is 70.4 Å². The van der Waals surface area contributed by atoms with Crippen LogP contribution in [0.5, 0.6) is 0 Å². The summed E-state index contributed by atoms with van der Waals surface area (Å²) in [5.41, 5.74) is 5.11. The molecule has 132 valence electrons. The van der Waals surface area contributed by atoms with Crippen LogP contribution in [0.1, 0.15) is 22.5 Å². The first kappa shape index (κ1) is 16.5. The number of rotatable bonds is 4. The van der Waals surface area contributed by atoms with Crippen LogP contribution in [0.2, 0.25) is 0 Å². The highest BCUT2D eigenvalue weighted by atomic mass is 16.5. The minimum absolute atomic E-state index is 0.771. The van der Waals surface area contributed by atoms with Crippen molar-refractivity contribution in [2.75, 3.05) is 44.3 Å². The molecular formula is C20H26N4O. The van der Waals surface area contributed by atoms with Crippen molar-refractivity contribution in [2.45, 2.75) is 26.3 Å². The zero-order chi connectivity index (χ0) is 17.1. The van der Waals surface area contributed by atoms with Gasteiger partial charge in [0.05, 0.1) is 18.9 Å². The summed E-state index contributed by atoms with van der Waals surface area (Å²) in [7, 11) is 0. The van der Waals surface area contributed by atoms with Crippen molar-refractivity contribution in [1.82, 2.24) is 14.9 Å². The summed E-state index contributed by atoms with van der Waals surface area (Å²) < 4.78 is 5.44. The molecule has 5 nitrogen and oxygen atoms in total. The zero-order valence-corrected chi connectivity index (χ0v) is 14.9. The molecule has 0 aliphatic carbocycles. The fourth-order valence-corrected chi connectivity index (χ4v) is 3.65. The third-order valence-corrected chi connectivity index (χ3v) is 5.19. The van der Waals surface area contributed by atoms with Gasteiger partial charge < -0.3 is 9.64 Å². The van der Waals surface area contributed by atoms with Gasteiger partial charge in [-0.25, -0.2) is 9.97 Å². The van der Waals surface area contributed by atoms with E-state index in [-0.39, 0.29) is 0 Å². The van der Waals surface area contributed by atoms with Crippen LogP contribution in [0.4, 0.5) is 5.95 Å². The number of nitrogens with zero attached hydrogens (tertiary/aromatic N) is 4. The Morgan fingerprint density at radius 1 is 1.04 bits per heavy atom. The molecule has 5 heteroatoms. The van der Waals surface area contributed by atoms with Crippen LogP contribution in [0.25, 0.3) is 0 Å². The van der Waals surface area contributed by atoms with Crippen LogP contribution in [-0.2, 0) is 24.1 Å². The minimum Gasteiger partial charge on any atom is -0.378 e. The lowest BCUT2D eigenvalue weighted by Crippen LogP contribution is -2.39. The van der Waals surface area contributed by atoms with Crippen molar-refractivity contribution in [1.29, 1.82) is 0 Å². The lowest BCUT2D eigenvalue weighted by molar-refractivity contribution is 0.122. The van der Waals surface area contributed by atoms with Crippen molar-refractivity contribution >= 4 is 5.95 Å². The first-order valence-corrected chi connectivity index (χ1v) is 9.25. The van der Waals surface area contributed by atoms with E-state index in [4.69, 9.17) is 14.7 Å². The number of hydrogen-bond donors (Lipinski definition) is 0. The molecule has 2 aromatic rings. The Bertz CT molecular complexity index is 713. The van der Waals surface area contributed by atoms with Crippen LogP contribution in [0.15, 0.2) is 30.3 Å². The molecule has 0 bridgehead atoms. The van der Waals surface area contributed by atoms with Crippen LogP contribution in [-0.4, -0.2) is 54.3 Å². The topological polar surface area (TPSA) is 41.5 Å². The average molecular weight is 338 g/mol. The van der Waals surface area contributed by atoms with Crippen molar-refractivity contribution in [3.63, 3.8) is 0 Å². The van der Waals surface area contributed by atoms with Gasteiger partial charge in [0.15, 0.2) is 0 Å². The maximum absolute atomic E-state index is 5.44. The summed E-state index contributed by atoms with van der Waals surface area (Å²) in [5, 5.41) is 0. The fourth-order valence-electron chi connectivity index (χ4n) is 3.65. The second-order valence-corrected chi connectivity index (χ2v) is 6.90. The van der Waals surface area contributed by atoms with Gasteiger partial charge in [-0.2, -0.15) is 0 Å². The second kappa shape index (κ2) is 7.50. The smallest absolute Gasteiger partial charge is 0.225 e. The maximum Gasteiger partial charge on any atom is 0.225 e. The molecule has 25 heavy (non-hydrogen) atoms. The largest absolute Gasteiger partial charge is 0.378 e. The van der Waals surface area contributed by atoms with Crippen LogP contribution in [0, 0.1) is 6.92 Å². The molecule has 1 fully saturated rings. The summed E-state index contributed by atoms with van der Waals surface area (Å²) in [5.74, 6) is 0.886. The van der Waals surface area contributed by atoms with Gasteiger partial charge in [-0.1, -0.05) is 30.3 Å². The predicted molar refractivity (Wildman–Crippen MR) is 98.9 cm³/mol. The number of aromatic nitrogens is 2. The third kappa shape index (κ3) is 3.83. The van der Waals surface area contributed by atoms with Gasteiger partial charge in [0.1, 0.15) is 0 Å². The van der Waals surface area contributed by atoms with E-state index in [1.165, 1.54) is 16.8 Å². The van der Waals surface area contributed by atoms with Crippen LogP contribution in [0.3, 0.4) is 0 Å². The summed E-state index contributed by atoms with van der Waals surface area (Å²) in [4.78, 5) is 14.5. The molecule has 0 N–H and O–H groups in total. The average Bonchev–Trinajstić information content (AvgIpc) is 2.68. The van der Waals surface area contributed by atoms with Crippen LogP contribution < -0.4 is 4.90 Å². The molecule has 0 unspecified atom stereocenters. The maximum atomic E-state index is 5.44. The minimum atomic E-state index is 0.771. The number of aryl methyl sites for hydroxylation is 1. The molecule has 4 rings (SSSR count). The van der Waals surface area contributed by atoms with E-state index in [9.17, 15) is 0 Å². The first-order valence-electron chi connectivity index (χ1n) is 9.25. The van der Waals surface area contributed by atoms with Gasteiger partial charge in [-0.15, -0.1) is 0 Å². The molecule has 0 atom stereocenters. The zero-order valence-electron chi connectivity index (χ0n) is 14.9. The van der Waals surface area contributed by atoms with Gasteiger partial charge in [0.25, 0.3) is 0 Å². The number of benzene rings is 1. The molecule has 2 aliphatic rings. The Balaban J connectivity index is 1.44. The molecule has 0 radical (unpaired) electrons. The van der Waals surface area contributed by atoms with Gasteiger partial charge >= 0.3 is 0 Å². The Morgan fingerprint density at radius 3 is 2.64 bits per heavy atom. The Hall–Kier alpha value is -1.98. The Labute approximate surface area is 149 Å². The molecule has 2 aliphatic heterocycles. The van der Waals surface area contributed by atoms with Crippen LogP contribution >= 0.6 is 0 Å². The first-order chi connectivity index (χ1) is 12.3. The number of fused-ring (bicyclic) bond motifs is 1. The number of anilines is 1. The lowest BCUT2D eigenvalue weighted by Gasteiger charge is -2.31. The second-order valence-electron chi connectivity index (χ2n) is 6.90. The summed E-state index contributed by atoms with van der Waals surface area (Å²) in [6.07, 6.45) is 2.12. The number of hydrogen-bond acceptors (Lipinski definition) is 5. The van der Waals surface area contributed by atoms with E-state index >= 15 is 0 Å². The highest BCUT2D eigenvalue weighted by Gasteiger charge is 2.23.